The van der Waals surface area contributed by atoms with Crippen molar-refractivity contribution in [2.24, 2.45) is 0 Å². The van der Waals surface area contributed by atoms with E-state index in [1.807, 2.05) is 42.5 Å². The summed E-state index contributed by atoms with van der Waals surface area (Å²) in [4.78, 5) is 13.1. The zero-order chi connectivity index (χ0) is 17.3. The third-order valence-corrected chi connectivity index (χ3v) is 4.18. The largest absolute Gasteiger partial charge is 0.490 e. The maximum Gasteiger partial charge on any atom is 0.253 e. The minimum Gasteiger partial charge on any atom is -0.490 e. The zero-order valence-electron chi connectivity index (χ0n) is 13.9. The molecule has 5 rings (SSSR count). The van der Waals surface area contributed by atoms with Crippen LogP contribution >= 0.6 is 0 Å². The molecule has 26 heavy (non-hydrogen) atoms. The first-order valence-corrected chi connectivity index (χ1v) is 8.42. The highest BCUT2D eigenvalue weighted by Gasteiger charge is 2.15. The SMILES string of the molecule is c1ccc(-c2nc3nccc(-c4ccc5c(c4)OCCCO5)n3n2)nc1. The van der Waals surface area contributed by atoms with E-state index < -0.39 is 0 Å². The second kappa shape index (κ2) is 6.11. The minimum atomic E-state index is 0.523. The Bertz CT molecular complexity index is 1080. The molecule has 7 nitrogen and oxygen atoms in total. The smallest absolute Gasteiger partial charge is 0.253 e. The summed E-state index contributed by atoms with van der Waals surface area (Å²) in [6.45, 7) is 1.32. The van der Waals surface area contributed by atoms with Crippen molar-refractivity contribution >= 4 is 5.78 Å². The number of aromatic nitrogens is 5. The number of fused-ring (bicyclic) bond motifs is 2. The van der Waals surface area contributed by atoms with Gasteiger partial charge >= 0.3 is 0 Å². The molecule has 0 saturated carbocycles. The predicted octanol–water partition coefficient (Wildman–Crippen LogP) is 3.01. The summed E-state index contributed by atoms with van der Waals surface area (Å²) in [6.07, 6.45) is 4.32. The van der Waals surface area contributed by atoms with Crippen molar-refractivity contribution in [1.29, 1.82) is 0 Å². The van der Waals surface area contributed by atoms with E-state index in [1.165, 1.54) is 0 Å². The van der Waals surface area contributed by atoms with Gasteiger partial charge in [-0.05, 0) is 36.4 Å². The average molecular weight is 345 g/mol. The van der Waals surface area contributed by atoms with Gasteiger partial charge in [-0.1, -0.05) is 6.07 Å². The molecule has 0 aliphatic carbocycles. The maximum atomic E-state index is 5.80. The van der Waals surface area contributed by atoms with Gasteiger partial charge in [0, 0.05) is 24.4 Å². The average Bonchev–Trinajstić information content (AvgIpc) is 3.00. The summed E-state index contributed by atoms with van der Waals surface area (Å²) in [6, 6.07) is 13.4. The van der Waals surface area contributed by atoms with Crippen molar-refractivity contribution < 1.29 is 9.47 Å². The molecular weight excluding hydrogens is 330 g/mol. The standard InChI is InChI=1S/C19H15N5O2/c1-2-8-20-14(4-1)18-22-19-21-9-7-15(24(19)23-18)13-5-6-16-17(12-13)26-11-3-10-25-16/h1-2,4-9,12H,3,10-11H2. The van der Waals surface area contributed by atoms with Crippen molar-refractivity contribution in [3.8, 4) is 34.3 Å². The number of hydrogen-bond donors (Lipinski definition) is 0. The molecule has 0 unspecified atom stereocenters. The molecule has 128 valence electrons. The van der Waals surface area contributed by atoms with Gasteiger partial charge in [-0.15, -0.1) is 5.10 Å². The van der Waals surface area contributed by atoms with Crippen LogP contribution < -0.4 is 9.47 Å². The molecule has 7 heteroatoms. The Morgan fingerprint density at radius 2 is 1.81 bits per heavy atom. The van der Waals surface area contributed by atoms with E-state index in [9.17, 15) is 0 Å². The van der Waals surface area contributed by atoms with Crippen LogP contribution in [0.4, 0.5) is 0 Å². The lowest BCUT2D eigenvalue weighted by molar-refractivity contribution is 0.297. The number of ether oxygens (including phenoxy) is 2. The van der Waals surface area contributed by atoms with E-state index in [-0.39, 0.29) is 0 Å². The Kier molecular flexibility index (Phi) is 3.48. The van der Waals surface area contributed by atoms with Gasteiger partial charge in [-0.25, -0.2) is 4.98 Å². The summed E-state index contributed by atoms with van der Waals surface area (Å²) >= 11 is 0. The fourth-order valence-electron chi connectivity index (χ4n) is 2.94. The first-order valence-electron chi connectivity index (χ1n) is 8.42. The topological polar surface area (TPSA) is 74.4 Å². The number of rotatable bonds is 2. The number of hydrogen-bond acceptors (Lipinski definition) is 6. The van der Waals surface area contributed by atoms with Crippen molar-refractivity contribution in [3.05, 3.63) is 54.9 Å². The maximum absolute atomic E-state index is 5.80. The first kappa shape index (κ1) is 14.8. The highest BCUT2D eigenvalue weighted by atomic mass is 16.5. The normalized spacial score (nSPS) is 13.5. The lowest BCUT2D eigenvalue weighted by Crippen LogP contribution is -1.98. The molecule has 0 N–H and O–H groups in total. The molecular formula is C19H15N5O2. The van der Waals surface area contributed by atoms with Gasteiger partial charge < -0.3 is 9.47 Å². The van der Waals surface area contributed by atoms with Crippen LogP contribution in [0.5, 0.6) is 11.5 Å². The Hall–Kier alpha value is -3.48. The third-order valence-electron chi connectivity index (χ3n) is 4.18. The molecule has 0 amide bonds. The quantitative estimate of drug-likeness (QED) is 0.556. The van der Waals surface area contributed by atoms with E-state index in [0.717, 1.165) is 29.2 Å². The van der Waals surface area contributed by atoms with Crippen molar-refractivity contribution in [1.82, 2.24) is 24.6 Å². The molecule has 1 aliphatic rings. The molecule has 1 aromatic carbocycles. The number of nitrogens with zero attached hydrogens (tertiary/aromatic N) is 5. The van der Waals surface area contributed by atoms with Crippen LogP contribution in [-0.4, -0.2) is 37.8 Å². The van der Waals surface area contributed by atoms with Crippen LogP contribution in [0.2, 0.25) is 0 Å². The molecule has 4 aromatic rings. The van der Waals surface area contributed by atoms with Crippen LogP contribution in [-0.2, 0) is 0 Å². The molecule has 0 fully saturated rings. The Balaban J connectivity index is 1.63. The summed E-state index contributed by atoms with van der Waals surface area (Å²) in [5.74, 6) is 2.58. The second-order valence-electron chi connectivity index (χ2n) is 5.90. The molecule has 0 radical (unpaired) electrons. The van der Waals surface area contributed by atoms with Gasteiger partial charge in [0.05, 0.1) is 18.9 Å². The third kappa shape index (κ3) is 2.54. The lowest BCUT2D eigenvalue weighted by Gasteiger charge is -2.10. The van der Waals surface area contributed by atoms with Gasteiger partial charge in [0.15, 0.2) is 11.5 Å². The second-order valence-corrected chi connectivity index (χ2v) is 5.90. The first-order chi connectivity index (χ1) is 12.9. The van der Waals surface area contributed by atoms with Crippen LogP contribution in [0.3, 0.4) is 0 Å². The van der Waals surface area contributed by atoms with Crippen molar-refractivity contribution in [2.75, 3.05) is 13.2 Å². The summed E-state index contributed by atoms with van der Waals surface area (Å²) in [7, 11) is 0. The highest BCUT2D eigenvalue weighted by Crippen LogP contribution is 2.34. The Labute approximate surface area is 149 Å². The highest BCUT2D eigenvalue weighted by molar-refractivity contribution is 5.66. The van der Waals surface area contributed by atoms with Gasteiger partial charge in [-0.2, -0.15) is 9.50 Å². The number of pyridine rings is 1. The van der Waals surface area contributed by atoms with Gasteiger partial charge in [0.1, 0.15) is 5.69 Å². The van der Waals surface area contributed by atoms with E-state index in [2.05, 4.69) is 20.1 Å². The molecule has 0 atom stereocenters. The van der Waals surface area contributed by atoms with Gasteiger partial charge in [-0.3, -0.25) is 4.98 Å². The van der Waals surface area contributed by atoms with Crippen LogP contribution in [0, 0.1) is 0 Å². The Morgan fingerprint density at radius 1 is 0.885 bits per heavy atom. The van der Waals surface area contributed by atoms with Gasteiger partial charge in [0.2, 0.25) is 5.82 Å². The van der Waals surface area contributed by atoms with Crippen molar-refractivity contribution in [2.45, 2.75) is 6.42 Å². The summed E-state index contributed by atoms with van der Waals surface area (Å²) < 4.78 is 13.2. The monoisotopic (exact) mass is 345 g/mol. The summed E-state index contributed by atoms with van der Waals surface area (Å²) in [5.41, 5.74) is 2.54. The van der Waals surface area contributed by atoms with Crippen LogP contribution in [0.1, 0.15) is 6.42 Å². The predicted molar refractivity (Wildman–Crippen MR) is 95.1 cm³/mol. The Morgan fingerprint density at radius 3 is 2.69 bits per heavy atom. The minimum absolute atomic E-state index is 0.523. The molecule has 3 aromatic heterocycles. The van der Waals surface area contributed by atoms with E-state index in [1.54, 1.807) is 16.9 Å². The molecule has 0 bridgehead atoms. The summed E-state index contributed by atoms with van der Waals surface area (Å²) in [5, 5.41) is 4.60. The van der Waals surface area contributed by atoms with E-state index in [4.69, 9.17) is 9.47 Å². The van der Waals surface area contributed by atoms with Crippen LogP contribution in [0.15, 0.2) is 54.9 Å². The van der Waals surface area contributed by atoms with Crippen molar-refractivity contribution in [3.63, 3.8) is 0 Å². The van der Waals surface area contributed by atoms with Gasteiger partial charge in [0.25, 0.3) is 5.78 Å². The van der Waals surface area contributed by atoms with E-state index in [0.29, 0.717) is 30.5 Å². The lowest BCUT2D eigenvalue weighted by atomic mass is 10.1. The zero-order valence-corrected chi connectivity index (χ0v) is 13.9. The fourth-order valence-corrected chi connectivity index (χ4v) is 2.94. The van der Waals surface area contributed by atoms with Crippen LogP contribution in [0.25, 0.3) is 28.6 Å². The molecule has 0 saturated heterocycles. The molecule has 4 heterocycles. The molecule has 0 spiro atoms. The molecule has 1 aliphatic heterocycles. The van der Waals surface area contributed by atoms with E-state index >= 15 is 0 Å². The fraction of sp³-hybridized carbons (Fsp3) is 0.158. The number of benzene rings is 1.